The predicted molar refractivity (Wildman–Crippen MR) is 61.0 cm³/mol. The third-order valence-electron chi connectivity index (χ3n) is 3.12. The highest BCUT2D eigenvalue weighted by Crippen LogP contribution is 2.16. The Morgan fingerprint density at radius 2 is 2.07 bits per heavy atom. The highest BCUT2D eigenvalue weighted by atomic mass is 35.5. The van der Waals surface area contributed by atoms with Gasteiger partial charge in [0.15, 0.2) is 0 Å². The van der Waals surface area contributed by atoms with Gasteiger partial charge < -0.3 is 9.64 Å². The molecule has 1 aliphatic heterocycles. The summed E-state index contributed by atoms with van der Waals surface area (Å²) in [6, 6.07) is 0.726. The lowest BCUT2D eigenvalue weighted by atomic mass is 10.1. The second kappa shape index (κ2) is 6.65. The predicted octanol–water partition coefficient (Wildman–Crippen LogP) is 2.50. The van der Waals surface area contributed by atoms with Gasteiger partial charge in [0, 0.05) is 25.0 Å². The van der Waals surface area contributed by atoms with Crippen LogP contribution in [0.25, 0.3) is 0 Å². The van der Waals surface area contributed by atoms with Gasteiger partial charge in [0.1, 0.15) is 0 Å². The second-order valence-corrected chi connectivity index (χ2v) is 4.43. The molecular weight excluding hydrogens is 198 g/mol. The van der Waals surface area contributed by atoms with Crippen molar-refractivity contribution in [2.75, 3.05) is 25.6 Å². The summed E-state index contributed by atoms with van der Waals surface area (Å²) >= 11 is 5.59. The van der Waals surface area contributed by atoms with Crippen LogP contribution in [0.2, 0.25) is 0 Å². The summed E-state index contributed by atoms with van der Waals surface area (Å²) in [5, 5.41) is 0. The fourth-order valence-electron chi connectivity index (χ4n) is 1.95. The minimum absolute atomic E-state index is 0.453. The molecule has 0 bridgehead atoms. The van der Waals surface area contributed by atoms with E-state index in [1.54, 1.807) is 0 Å². The van der Waals surface area contributed by atoms with E-state index in [-0.39, 0.29) is 0 Å². The molecule has 1 fully saturated rings. The van der Waals surface area contributed by atoms with Crippen molar-refractivity contribution in [2.24, 2.45) is 0 Å². The van der Waals surface area contributed by atoms with E-state index < -0.39 is 0 Å². The van der Waals surface area contributed by atoms with Gasteiger partial charge in [0.25, 0.3) is 0 Å². The minimum atomic E-state index is 0.453. The van der Waals surface area contributed by atoms with Gasteiger partial charge in [0.05, 0.1) is 12.7 Å². The molecule has 3 heteroatoms. The SMILES string of the molecule is CCC(C)N1CCC(OCCCl)CC1. The smallest absolute Gasteiger partial charge is 0.0605 e. The second-order valence-electron chi connectivity index (χ2n) is 4.05. The maximum Gasteiger partial charge on any atom is 0.0605 e. The van der Waals surface area contributed by atoms with Crippen LogP contribution in [0.4, 0.5) is 0 Å². The Morgan fingerprint density at radius 3 is 2.57 bits per heavy atom. The first-order chi connectivity index (χ1) is 6.77. The molecule has 0 amide bonds. The standard InChI is InChI=1S/C11H22ClNO/c1-3-10(2)13-7-4-11(5-8-13)14-9-6-12/h10-11H,3-9H2,1-2H3. The Morgan fingerprint density at radius 1 is 1.43 bits per heavy atom. The van der Waals surface area contributed by atoms with E-state index in [0.29, 0.717) is 18.6 Å². The molecule has 0 radical (unpaired) electrons. The molecule has 1 aliphatic rings. The molecule has 0 aliphatic carbocycles. The first-order valence-corrected chi connectivity index (χ1v) is 6.23. The Kier molecular flexibility index (Phi) is 5.83. The van der Waals surface area contributed by atoms with Crippen LogP contribution in [0.5, 0.6) is 0 Å². The highest BCUT2D eigenvalue weighted by Gasteiger charge is 2.21. The topological polar surface area (TPSA) is 12.5 Å². The van der Waals surface area contributed by atoms with Crippen molar-refractivity contribution < 1.29 is 4.74 Å². The zero-order valence-corrected chi connectivity index (χ0v) is 10.1. The maximum atomic E-state index is 5.64. The molecule has 0 saturated carbocycles. The lowest BCUT2D eigenvalue weighted by Gasteiger charge is -2.35. The molecule has 1 heterocycles. The average molecular weight is 220 g/mol. The van der Waals surface area contributed by atoms with E-state index in [2.05, 4.69) is 18.7 Å². The lowest BCUT2D eigenvalue weighted by molar-refractivity contribution is 0.00636. The molecule has 1 rings (SSSR count). The lowest BCUT2D eigenvalue weighted by Crippen LogP contribution is -2.42. The van der Waals surface area contributed by atoms with E-state index in [1.165, 1.54) is 32.4 Å². The average Bonchev–Trinajstić information content (AvgIpc) is 2.26. The monoisotopic (exact) mass is 219 g/mol. The van der Waals surface area contributed by atoms with Crippen molar-refractivity contribution in [2.45, 2.75) is 45.3 Å². The fraction of sp³-hybridized carbons (Fsp3) is 1.00. The molecule has 1 unspecified atom stereocenters. The molecule has 2 nitrogen and oxygen atoms in total. The first-order valence-electron chi connectivity index (χ1n) is 5.69. The Labute approximate surface area is 92.6 Å². The summed E-state index contributed by atoms with van der Waals surface area (Å²) in [5.41, 5.74) is 0. The van der Waals surface area contributed by atoms with Gasteiger partial charge in [-0.1, -0.05) is 6.92 Å². The van der Waals surface area contributed by atoms with E-state index in [9.17, 15) is 0 Å². The molecule has 1 atom stereocenters. The third kappa shape index (κ3) is 3.76. The van der Waals surface area contributed by atoms with Crippen molar-refractivity contribution >= 4 is 11.6 Å². The van der Waals surface area contributed by atoms with E-state index in [0.717, 1.165) is 6.04 Å². The molecule has 0 N–H and O–H groups in total. The zero-order chi connectivity index (χ0) is 10.4. The number of halogens is 1. The van der Waals surface area contributed by atoms with Crippen LogP contribution in [0, 0.1) is 0 Å². The summed E-state index contributed by atoms with van der Waals surface area (Å²) in [6.45, 7) is 7.63. The molecule has 14 heavy (non-hydrogen) atoms. The van der Waals surface area contributed by atoms with Gasteiger partial charge in [-0.2, -0.15) is 0 Å². The van der Waals surface area contributed by atoms with Crippen LogP contribution in [0.15, 0.2) is 0 Å². The molecule has 0 spiro atoms. The molecule has 0 aromatic carbocycles. The highest BCUT2D eigenvalue weighted by molar-refractivity contribution is 6.17. The summed E-state index contributed by atoms with van der Waals surface area (Å²) in [5.74, 6) is 0.617. The van der Waals surface area contributed by atoms with Crippen molar-refractivity contribution in [3.63, 3.8) is 0 Å². The number of likely N-dealkylation sites (tertiary alicyclic amines) is 1. The zero-order valence-electron chi connectivity index (χ0n) is 9.34. The van der Waals surface area contributed by atoms with Gasteiger partial charge in [-0.25, -0.2) is 0 Å². The van der Waals surface area contributed by atoms with Crippen LogP contribution >= 0.6 is 11.6 Å². The normalized spacial score (nSPS) is 22.5. The van der Waals surface area contributed by atoms with Crippen molar-refractivity contribution in [3.8, 4) is 0 Å². The van der Waals surface area contributed by atoms with Crippen molar-refractivity contribution in [1.29, 1.82) is 0 Å². The number of hydrogen-bond donors (Lipinski definition) is 0. The Bertz CT molecular complexity index is 146. The molecule has 84 valence electrons. The summed E-state index contributed by atoms with van der Waals surface area (Å²) in [6.07, 6.45) is 4.03. The van der Waals surface area contributed by atoms with Crippen LogP contribution in [-0.2, 0) is 4.74 Å². The maximum absolute atomic E-state index is 5.64. The number of ether oxygens (including phenoxy) is 1. The number of rotatable bonds is 5. The number of nitrogens with zero attached hydrogens (tertiary/aromatic N) is 1. The van der Waals surface area contributed by atoms with Gasteiger partial charge in [-0.3, -0.25) is 0 Å². The number of piperidine rings is 1. The molecule has 1 saturated heterocycles. The summed E-state index contributed by atoms with van der Waals surface area (Å²) in [4.78, 5) is 2.56. The fourth-order valence-corrected chi connectivity index (χ4v) is 2.04. The molecular formula is C11H22ClNO. The van der Waals surface area contributed by atoms with E-state index >= 15 is 0 Å². The van der Waals surface area contributed by atoms with E-state index in [1.807, 2.05) is 0 Å². The first kappa shape index (κ1) is 12.3. The number of hydrogen-bond acceptors (Lipinski definition) is 2. The third-order valence-corrected chi connectivity index (χ3v) is 3.28. The van der Waals surface area contributed by atoms with Crippen LogP contribution in [0.3, 0.4) is 0 Å². The van der Waals surface area contributed by atoms with Crippen LogP contribution < -0.4 is 0 Å². The molecule has 0 aromatic rings. The largest absolute Gasteiger partial charge is 0.377 e. The Hall–Kier alpha value is 0.210. The Balaban J connectivity index is 2.17. The van der Waals surface area contributed by atoms with Gasteiger partial charge >= 0.3 is 0 Å². The van der Waals surface area contributed by atoms with Crippen LogP contribution in [-0.4, -0.2) is 42.6 Å². The van der Waals surface area contributed by atoms with Gasteiger partial charge in [0.2, 0.25) is 0 Å². The molecule has 0 aromatic heterocycles. The van der Waals surface area contributed by atoms with Crippen molar-refractivity contribution in [3.05, 3.63) is 0 Å². The number of alkyl halides is 1. The summed E-state index contributed by atoms with van der Waals surface area (Å²) in [7, 11) is 0. The van der Waals surface area contributed by atoms with E-state index in [4.69, 9.17) is 16.3 Å². The quantitative estimate of drug-likeness (QED) is 0.659. The van der Waals surface area contributed by atoms with Crippen molar-refractivity contribution in [1.82, 2.24) is 4.90 Å². The van der Waals surface area contributed by atoms with Gasteiger partial charge in [-0.15, -0.1) is 11.6 Å². The van der Waals surface area contributed by atoms with Crippen LogP contribution in [0.1, 0.15) is 33.1 Å². The summed E-state index contributed by atoms with van der Waals surface area (Å²) < 4.78 is 5.64. The minimum Gasteiger partial charge on any atom is -0.377 e. The van der Waals surface area contributed by atoms with Gasteiger partial charge in [-0.05, 0) is 26.2 Å².